The molecule has 0 aliphatic carbocycles. The van der Waals surface area contributed by atoms with E-state index in [1.165, 1.54) is 12.3 Å². The van der Waals surface area contributed by atoms with Gasteiger partial charge in [-0.05, 0) is 10.5 Å². The summed E-state index contributed by atoms with van der Waals surface area (Å²) in [5, 5.41) is 0. The molecule has 1 aromatic heterocycles. The van der Waals surface area contributed by atoms with Crippen LogP contribution in [-0.4, -0.2) is 12.0 Å². The molecule has 60 valence electrons. The monoisotopic (exact) mass is 224 g/mol. The highest BCUT2D eigenvalue weighted by atomic mass is 79.9. The van der Waals surface area contributed by atoms with Crippen LogP contribution in [0.4, 0.5) is 12.9 Å². The highest BCUT2D eigenvalue weighted by molar-refractivity contribution is 9.10. The van der Waals surface area contributed by atoms with Crippen molar-refractivity contribution in [3.63, 3.8) is 0 Å². The average Bonchev–Trinajstić information content (AvgIpc) is 1.86. The summed E-state index contributed by atoms with van der Waals surface area (Å²) < 4.78 is 36.2. The Bertz CT molecular complexity index is 262. The lowest BCUT2D eigenvalue weighted by Gasteiger charge is -2.15. The first-order valence-electron chi connectivity index (χ1n) is 2.81. The molecule has 6 heteroatoms. The molecule has 0 aliphatic rings. The molecule has 1 rings (SSSR count). The maximum Gasteiger partial charge on any atom is 0.512 e. The van der Waals surface area contributed by atoms with Gasteiger partial charge in [0.05, 0.1) is 0 Å². The molecule has 0 fully saturated rings. The van der Waals surface area contributed by atoms with Gasteiger partial charge in [0.15, 0.2) is 0 Å². The van der Waals surface area contributed by atoms with E-state index in [1.807, 2.05) is 0 Å². The second-order valence-corrected chi connectivity index (χ2v) is 2.83. The zero-order valence-corrected chi connectivity index (χ0v) is 6.85. The number of hydrogen-bond donors (Lipinski definition) is 0. The van der Waals surface area contributed by atoms with Crippen LogP contribution in [0.15, 0.2) is 22.9 Å². The Morgan fingerprint density at radius 1 is 1.36 bits per heavy atom. The highest BCUT2D eigenvalue weighted by Crippen LogP contribution is 2.14. The molecule has 0 saturated carbocycles. The summed E-state index contributed by atoms with van der Waals surface area (Å²) in [6.07, 6.45) is 2.11. The van der Waals surface area contributed by atoms with Crippen LogP contribution in [0.2, 0.25) is 0 Å². The number of rotatable bonds is 1. The molecule has 0 spiro atoms. The van der Waals surface area contributed by atoms with Crippen molar-refractivity contribution in [2.45, 2.75) is 0 Å². The Labute approximate surface area is 69.8 Å². The Morgan fingerprint density at radius 2 is 2.00 bits per heavy atom. The normalized spacial score (nSPS) is 11.6. The van der Waals surface area contributed by atoms with Crippen molar-refractivity contribution < 1.29 is 12.9 Å². The first-order valence-corrected chi connectivity index (χ1v) is 3.60. The minimum Gasteiger partial charge on any atom is -0.445 e. The van der Waals surface area contributed by atoms with Gasteiger partial charge in [0.2, 0.25) is 0 Å². The van der Waals surface area contributed by atoms with Crippen molar-refractivity contribution >= 4 is 28.4 Å². The Balaban J connectivity index is 3.14. The largest absolute Gasteiger partial charge is 0.512 e. The minimum atomic E-state index is -4.94. The SMILES string of the molecule is F[B-](F)(F)c1cnccc1Br. The molecule has 0 amide bonds. The predicted octanol–water partition coefficient (Wildman–Crippen LogP) is 1.90. The Hall–Kier alpha value is -0.515. The van der Waals surface area contributed by atoms with E-state index in [4.69, 9.17) is 0 Å². The molecule has 0 radical (unpaired) electrons. The Morgan fingerprint density at radius 3 is 2.36 bits per heavy atom. The fourth-order valence-corrected chi connectivity index (χ4v) is 1.11. The zero-order chi connectivity index (χ0) is 8.48. The molecule has 0 saturated heterocycles. The summed E-state index contributed by atoms with van der Waals surface area (Å²) >= 11 is 2.79. The number of halogens is 4. The third-order valence-corrected chi connectivity index (χ3v) is 1.87. The molecular weight excluding hydrogens is 222 g/mol. The van der Waals surface area contributed by atoms with E-state index in [2.05, 4.69) is 20.9 Å². The molecule has 0 N–H and O–H groups in total. The topological polar surface area (TPSA) is 12.9 Å². The van der Waals surface area contributed by atoms with Gasteiger partial charge in [-0.1, -0.05) is 21.4 Å². The van der Waals surface area contributed by atoms with Crippen molar-refractivity contribution in [1.82, 2.24) is 4.98 Å². The fourth-order valence-electron chi connectivity index (χ4n) is 0.631. The van der Waals surface area contributed by atoms with Gasteiger partial charge in [-0.2, -0.15) is 0 Å². The van der Waals surface area contributed by atoms with Crippen molar-refractivity contribution in [3.05, 3.63) is 22.9 Å². The number of pyridine rings is 1. The fraction of sp³-hybridized carbons (Fsp3) is 0. The Kier molecular flexibility index (Phi) is 2.22. The molecule has 0 atom stereocenters. The summed E-state index contributed by atoms with van der Waals surface area (Å²) in [5.41, 5.74) is -0.687. The lowest BCUT2D eigenvalue weighted by Crippen LogP contribution is -2.35. The molecule has 0 bridgehead atoms. The van der Waals surface area contributed by atoms with Crippen LogP contribution in [0.5, 0.6) is 0 Å². The van der Waals surface area contributed by atoms with E-state index in [0.29, 0.717) is 0 Å². The molecule has 0 aliphatic heterocycles. The molecule has 0 aromatic carbocycles. The van der Waals surface area contributed by atoms with Crippen LogP contribution in [0.25, 0.3) is 0 Å². The summed E-state index contributed by atoms with van der Waals surface area (Å²) in [6.45, 7) is -4.94. The molecule has 0 unspecified atom stereocenters. The van der Waals surface area contributed by atoms with Gasteiger partial charge < -0.3 is 12.9 Å². The van der Waals surface area contributed by atoms with Crippen molar-refractivity contribution in [3.8, 4) is 0 Å². The van der Waals surface area contributed by atoms with Crippen molar-refractivity contribution in [2.24, 2.45) is 0 Å². The van der Waals surface area contributed by atoms with Gasteiger partial charge in [0.1, 0.15) is 0 Å². The quantitative estimate of drug-likeness (QED) is 0.665. The van der Waals surface area contributed by atoms with E-state index < -0.39 is 12.4 Å². The second kappa shape index (κ2) is 2.85. The summed E-state index contributed by atoms with van der Waals surface area (Å²) in [6, 6.07) is 1.27. The van der Waals surface area contributed by atoms with Crippen LogP contribution in [0.3, 0.4) is 0 Å². The summed E-state index contributed by atoms with van der Waals surface area (Å²) in [5.74, 6) is 0. The standard InChI is InChI=1S/C5H3BBrF3N/c7-5-1-2-11-3-4(5)6(8,9)10/h1-3H/q-1. The van der Waals surface area contributed by atoms with Gasteiger partial charge in [0.25, 0.3) is 0 Å². The average molecular weight is 225 g/mol. The maximum atomic E-state index is 12.0. The van der Waals surface area contributed by atoms with E-state index in [0.717, 1.165) is 6.20 Å². The number of aromatic nitrogens is 1. The summed E-state index contributed by atoms with van der Waals surface area (Å²) in [4.78, 5) is 3.38. The molecule has 1 nitrogen and oxygen atoms in total. The minimum absolute atomic E-state index is 0.0417. The summed E-state index contributed by atoms with van der Waals surface area (Å²) in [7, 11) is 0. The predicted molar refractivity (Wildman–Crippen MR) is 40.6 cm³/mol. The van der Waals surface area contributed by atoms with Crippen LogP contribution < -0.4 is 5.46 Å². The molecular formula is C5H3BBrF3N-. The van der Waals surface area contributed by atoms with Gasteiger partial charge in [-0.3, -0.25) is 4.98 Å². The van der Waals surface area contributed by atoms with Gasteiger partial charge in [-0.25, -0.2) is 0 Å². The van der Waals surface area contributed by atoms with Gasteiger partial charge >= 0.3 is 6.98 Å². The lowest BCUT2D eigenvalue weighted by molar-refractivity contribution is 0.500. The highest BCUT2D eigenvalue weighted by Gasteiger charge is 2.27. The van der Waals surface area contributed by atoms with E-state index in [-0.39, 0.29) is 4.47 Å². The van der Waals surface area contributed by atoms with E-state index in [9.17, 15) is 12.9 Å². The van der Waals surface area contributed by atoms with Crippen LogP contribution in [0.1, 0.15) is 0 Å². The molecule has 11 heavy (non-hydrogen) atoms. The number of nitrogens with zero attached hydrogens (tertiary/aromatic N) is 1. The third-order valence-electron chi connectivity index (χ3n) is 1.15. The lowest BCUT2D eigenvalue weighted by atomic mass is 9.82. The molecule has 1 heterocycles. The number of hydrogen-bond acceptors (Lipinski definition) is 1. The van der Waals surface area contributed by atoms with E-state index in [1.54, 1.807) is 0 Å². The van der Waals surface area contributed by atoms with Crippen molar-refractivity contribution in [1.29, 1.82) is 0 Å². The smallest absolute Gasteiger partial charge is 0.445 e. The third kappa shape index (κ3) is 1.96. The van der Waals surface area contributed by atoms with Crippen molar-refractivity contribution in [2.75, 3.05) is 0 Å². The van der Waals surface area contributed by atoms with Crippen LogP contribution in [0, 0.1) is 0 Å². The maximum absolute atomic E-state index is 12.0. The van der Waals surface area contributed by atoms with E-state index >= 15 is 0 Å². The van der Waals surface area contributed by atoms with Crippen LogP contribution >= 0.6 is 15.9 Å². The molecule has 1 aromatic rings. The van der Waals surface area contributed by atoms with Crippen LogP contribution in [-0.2, 0) is 0 Å². The first-order chi connectivity index (χ1) is 5.02. The zero-order valence-electron chi connectivity index (χ0n) is 5.27. The van der Waals surface area contributed by atoms with Gasteiger partial charge in [-0.15, -0.1) is 0 Å². The second-order valence-electron chi connectivity index (χ2n) is 1.97. The van der Waals surface area contributed by atoms with Gasteiger partial charge in [0, 0.05) is 12.4 Å². The first kappa shape index (κ1) is 8.58.